The van der Waals surface area contributed by atoms with Gasteiger partial charge in [-0.2, -0.15) is 0 Å². The summed E-state index contributed by atoms with van der Waals surface area (Å²) >= 11 is 0. The van der Waals surface area contributed by atoms with Crippen molar-refractivity contribution in [2.75, 3.05) is 0 Å². The lowest BCUT2D eigenvalue weighted by Gasteiger charge is -2.27. The summed E-state index contributed by atoms with van der Waals surface area (Å²) in [5, 5.41) is 18.7. The summed E-state index contributed by atoms with van der Waals surface area (Å²) in [6.45, 7) is 0.315. The van der Waals surface area contributed by atoms with E-state index in [4.69, 9.17) is 9.72 Å². The predicted octanol–water partition coefficient (Wildman–Crippen LogP) is 5.88. The smallest absolute Gasteiger partial charge is 0.322 e. The summed E-state index contributed by atoms with van der Waals surface area (Å²) in [7, 11) is 0. The van der Waals surface area contributed by atoms with Gasteiger partial charge >= 0.3 is 6.03 Å². The molecule has 1 fully saturated rings. The molecule has 1 aliphatic rings. The van der Waals surface area contributed by atoms with Crippen LogP contribution in [-0.2, 0) is 23.5 Å². The van der Waals surface area contributed by atoms with Gasteiger partial charge in [0.2, 0.25) is 0 Å². The summed E-state index contributed by atoms with van der Waals surface area (Å²) in [6, 6.07) is 34.0. The van der Waals surface area contributed by atoms with Gasteiger partial charge < -0.3 is 19.7 Å². The van der Waals surface area contributed by atoms with Gasteiger partial charge in [0.05, 0.1) is 17.8 Å². The number of nitrogens with zero attached hydrogens (tertiary/aromatic N) is 2. The van der Waals surface area contributed by atoms with Gasteiger partial charge in [0.25, 0.3) is 5.91 Å². The van der Waals surface area contributed by atoms with Crippen molar-refractivity contribution in [1.82, 2.24) is 20.2 Å². The zero-order chi connectivity index (χ0) is 28.7. The highest BCUT2D eigenvalue weighted by molar-refractivity contribution is 6.07. The third-order valence-electron chi connectivity index (χ3n) is 7.71. The molecule has 4 aromatic carbocycles. The number of aromatic hydroxyl groups is 1. The number of para-hydroxylation sites is 1. The number of carbonyl (C=O) groups is 2. The van der Waals surface area contributed by atoms with Crippen molar-refractivity contribution in [2.24, 2.45) is 0 Å². The number of amides is 3. The zero-order valence-corrected chi connectivity index (χ0v) is 22.5. The van der Waals surface area contributed by atoms with Gasteiger partial charge in [0, 0.05) is 33.5 Å². The summed E-state index contributed by atoms with van der Waals surface area (Å²) in [5.74, 6) is 0.0853. The Kier molecular flexibility index (Phi) is 6.09. The Morgan fingerprint density at radius 2 is 1.57 bits per heavy atom. The Hall–Kier alpha value is -5.63. The van der Waals surface area contributed by atoms with E-state index in [0.717, 1.165) is 33.1 Å². The molecule has 0 radical (unpaired) electrons. The topological polar surface area (TPSA) is 105 Å². The molecule has 8 heteroatoms. The van der Waals surface area contributed by atoms with Crippen LogP contribution in [0.1, 0.15) is 11.1 Å². The number of nitrogens with one attached hydrogen (secondary N) is 2. The van der Waals surface area contributed by atoms with Crippen molar-refractivity contribution in [1.29, 1.82) is 0 Å². The van der Waals surface area contributed by atoms with E-state index in [0.29, 0.717) is 23.3 Å². The van der Waals surface area contributed by atoms with Crippen LogP contribution in [0.5, 0.6) is 11.6 Å². The third-order valence-corrected chi connectivity index (χ3v) is 7.71. The molecule has 0 aliphatic carbocycles. The standard InChI is InChI=1S/C34H26N4O4/c39-31-28-18-26(42-20-24-17-30(22-9-3-1-4-10-22)35-29-14-8-7-13-27(24)29)16-15-23(28)19-38(31)21-34(25-11-5-2-6-12-25)32(40)36-33(41)37-34/h1-19,39H,20-21H2,(H2,36,37,40,41)/t34-/m0/s1. The van der Waals surface area contributed by atoms with Crippen molar-refractivity contribution in [3.63, 3.8) is 0 Å². The molecule has 3 N–H and O–H groups in total. The second-order valence-corrected chi connectivity index (χ2v) is 10.3. The molecule has 0 spiro atoms. The number of carbonyl (C=O) groups excluding carboxylic acids is 2. The summed E-state index contributed by atoms with van der Waals surface area (Å²) in [4.78, 5) is 30.0. The molecule has 3 heterocycles. The molecule has 0 unspecified atom stereocenters. The number of hydrogen-bond donors (Lipinski definition) is 3. The quantitative estimate of drug-likeness (QED) is 0.214. The Bertz CT molecular complexity index is 1970. The number of imide groups is 1. The van der Waals surface area contributed by atoms with E-state index in [1.165, 1.54) is 0 Å². The normalized spacial score (nSPS) is 16.5. The van der Waals surface area contributed by atoms with Gasteiger partial charge in [-0.15, -0.1) is 0 Å². The fraction of sp³-hybridized carbons (Fsp3) is 0.0882. The van der Waals surface area contributed by atoms with E-state index >= 15 is 0 Å². The first-order valence-corrected chi connectivity index (χ1v) is 13.6. The van der Waals surface area contributed by atoms with Crippen LogP contribution in [-0.4, -0.2) is 26.6 Å². The number of fused-ring (bicyclic) bond motifs is 2. The van der Waals surface area contributed by atoms with Crippen molar-refractivity contribution < 1.29 is 19.4 Å². The van der Waals surface area contributed by atoms with Crippen molar-refractivity contribution in [3.05, 3.63) is 127 Å². The second-order valence-electron chi connectivity index (χ2n) is 10.3. The number of aromatic nitrogens is 2. The van der Waals surface area contributed by atoms with Crippen LogP contribution in [0.3, 0.4) is 0 Å². The molecular weight excluding hydrogens is 528 g/mol. The average molecular weight is 555 g/mol. The fourth-order valence-electron chi connectivity index (χ4n) is 5.60. The maximum Gasteiger partial charge on any atom is 0.322 e. The van der Waals surface area contributed by atoms with Gasteiger partial charge in [-0.25, -0.2) is 9.78 Å². The van der Waals surface area contributed by atoms with Crippen LogP contribution >= 0.6 is 0 Å². The van der Waals surface area contributed by atoms with E-state index < -0.39 is 17.5 Å². The van der Waals surface area contributed by atoms with Gasteiger partial charge in [-0.05, 0) is 35.9 Å². The number of pyridine rings is 1. The van der Waals surface area contributed by atoms with Crippen LogP contribution < -0.4 is 15.4 Å². The molecule has 2 aromatic heterocycles. The number of hydrogen-bond acceptors (Lipinski definition) is 5. The minimum Gasteiger partial charge on any atom is -0.494 e. The van der Waals surface area contributed by atoms with E-state index in [-0.39, 0.29) is 12.4 Å². The van der Waals surface area contributed by atoms with Crippen molar-refractivity contribution in [3.8, 4) is 22.9 Å². The third kappa shape index (κ3) is 4.39. The first-order valence-electron chi connectivity index (χ1n) is 13.6. The maximum atomic E-state index is 13.0. The lowest BCUT2D eigenvalue weighted by atomic mass is 9.90. The average Bonchev–Trinajstić information content (AvgIpc) is 3.50. The molecule has 42 heavy (non-hydrogen) atoms. The predicted molar refractivity (Wildman–Crippen MR) is 160 cm³/mol. The lowest BCUT2D eigenvalue weighted by Crippen LogP contribution is -2.47. The van der Waals surface area contributed by atoms with Crippen LogP contribution in [0, 0.1) is 0 Å². The molecule has 1 atom stereocenters. The SMILES string of the molecule is O=C1NC(=O)[C@](Cn2cc3ccc(OCc4cc(-c5ccccc5)nc5ccccc45)cc3c2O)(c2ccccc2)N1. The Labute approximate surface area is 241 Å². The van der Waals surface area contributed by atoms with Crippen LogP contribution in [0.4, 0.5) is 4.79 Å². The maximum absolute atomic E-state index is 13.0. The summed E-state index contributed by atoms with van der Waals surface area (Å²) < 4.78 is 7.83. The number of urea groups is 1. The van der Waals surface area contributed by atoms with Crippen molar-refractivity contribution in [2.45, 2.75) is 18.7 Å². The highest BCUT2D eigenvalue weighted by Gasteiger charge is 2.48. The second kappa shape index (κ2) is 10.1. The Balaban J connectivity index is 1.19. The highest BCUT2D eigenvalue weighted by Crippen LogP contribution is 2.35. The van der Waals surface area contributed by atoms with Gasteiger partial charge in [0.1, 0.15) is 12.4 Å². The molecule has 206 valence electrons. The molecule has 0 bridgehead atoms. The minimum atomic E-state index is -1.36. The minimum absolute atomic E-state index is 0.0105. The van der Waals surface area contributed by atoms with Crippen LogP contribution in [0.15, 0.2) is 115 Å². The largest absolute Gasteiger partial charge is 0.494 e. The Morgan fingerprint density at radius 3 is 2.33 bits per heavy atom. The van der Waals surface area contributed by atoms with Gasteiger partial charge in [-0.3, -0.25) is 10.1 Å². The Morgan fingerprint density at radius 1 is 0.833 bits per heavy atom. The number of ether oxygens (including phenoxy) is 1. The molecular formula is C34H26N4O4. The molecule has 8 nitrogen and oxygen atoms in total. The highest BCUT2D eigenvalue weighted by atomic mass is 16.5. The first-order chi connectivity index (χ1) is 20.5. The van der Waals surface area contributed by atoms with E-state index in [1.54, 1.807) is 41.1 Å². The molecule has 1 aliphatic heterocycles. The number of rotatable bonds is 7. The van der Waals surface area contributed by atoms with E-state index in [1.807, 2.05) is 78.9 Å². The lowest BCUT2D eigenvalue weighted by molar-refractivity contribution is -0.124. The molecule has 3 amide bonds. The summed E-state index contributed by atoms with van der Waals surface area (Å²) in [5.41, 5.74) is 3.04. The van der Waals surface area contributed by atoms with E-state index in [2.05, 4.69) is 10.6 Å². The summed E-state index contributed by atoms with van der Waals surface area (Å²) in [6.07, 6.45) is 1.76. The molecule has 0 saturated carbocycles. The van der Waals surface area contributed by atoms with Gasteiger partial charge in [0.15, 0.2) is 11.4 Å². The monoisotopic (exact) mass is 554 g/mol. The van der Waals surface area contributed by atoms with Crippen LogP contribution in [0.25, 0.3) is 32.9 Å². The molecule has 6 aromatic rings. The van der Waals surface area contributed by atoms with E-state index in [9.17, 15) is 14.7 Å². The van der Waals surface area contributed by atoms with Crippen molar-refractivity contribution >= 4 is 33.6 Å². The van der Waals surface area contributed by atoms with Gasteiger partial charge in [-0.1, -0.05) is 78.9 Å². The molecule has 1 saturated heterocycles. The fourth-order valence-corrected chi connectivity index (χ4v) is 5.60. The molecule has 7 rings (SSSR count). The first kappa shape index (κ1) is 25.3. The van der Waals surface area contributed by atoms with Crippen LogP contribution in [0.2, 0.25) is 0 Å². The zero-order valence-electron chi connectivity index (χ0n) is 22.5. The number of benzene rings is 4.